The van der Waals surface area contributed by atoms with Gasteiger partial charge >= 0.3 is 5.97 Å². The van der Waals surface area contributed by atoms with E-state index in [9.17, 15) is 4.79 Å². The lowest BCUT2D eigenvalue weighted by Crippen LogP contribution is -1.93. The zero-order valence-electron chi connectivity index (χ0n) is 6.93. The van der Waals surface area contributed by atoms with Gasteiger partial charge in [-0.3, -0.25) is 0 Å². The van der Waals surface area contributed by atoms with Gasteiger partial charge in [-0.05, 0) is 44.3 Å². The lowest BCUT2D eigenvalue weighted by atomic mass is 10.2. The van der Waals surface area contributed by atoms with Gasteiger partial charge in [0, 0.05) is 5.39 Å². The molecule has 2 aromatic rings. The van der Waals surface area contributed by atoms with Crippen molar-refractivity contribution in [2.45, 2.75) is 6.92 Å². The number of hydrogen-bond donors (Lipinski definition) is 1. The molecule has 0 aromatic carbocycles. The van der Waals surface area contributed by atoms with E-state index in [0.717, 1.165) is 23.2 Å². The molecule has 2 nitrogen and oxygen atoms in total. The Labute approximate surface area is 105 Å². The summed E-state index contributed by atoms with van der Waals surface area (Å²) in [7, 11) is 0. The van der Waals surface area contributed by atoms with Crippen molar-refractivity contribution in [1.82, 2.24) is 0 Å². The van der Waals surface area contributed by atoms with Gasteiger partial charge in [0.1, 0.15) is 4.88 Å². The van der Waals surface area contributed by atoms with Gasteiger partial charge in [0.25, 0.3) is 0 Å². The quantitative estimate of drug-likeness (QED) is 0.817. The van der Waals surface area contributed by atoms with Crippen LogP contribution in [0.5, 0.6) is 0 Å². The van der Waals surface area contributed by atoms with E-state index in [-0.39, 0.29) is 0 Å². The molecule has 0 aliphatic carbocycles. The van der Waals surface area contributed by atoms with Gasteiger partial charge < -0.3 is 5.11 Å². The van der Waals surface area contributed by atoms with Crippen LogP contribution in [0.15, 0.2) is 7.57 Å². The van der Waals surface area contributed by atoms with Gasteiger partial charge in [-0.1, -0.05) is 0 Å². The Kier molecular flexibility index (Phi) is 2.72. The fourth-order valence-electron chi connectivity index (χ4n) is 1.27. The molecule has 0 radical (unpaired) electrons. The van der Waals surface area contributed by atoms with Gasteiger partial charge in [-0.25, -0.2) is 4.79 Å². The Morgan fingerprint density at radius 3 is 2.43 bits per heavy atom. The van der Waals surface area contributed by atoms with Crippen molar-refractivity contribution in [1.29, 1.82) is 0 Å². The van der Waals surface area contributed by atoms with E-state index in [1.807, 2.05) is 6.92 Å². The highest BCUT2D eigenvalue weighted by Gasteiger charge is 2.19. The summed E-state index contributed by atoms with van der Waals surface area (Å²) in [5, 5.41) is 9.97. The van der Waals surface area contributed by atoms with E-state index in [4.69, 9.17) is 5.11 Å². The molecule has 0 amide bonds. The van der Waals surface area contributed by atoms with Crippen LogP contribution in [0.4, 0.5) is 0 Å². The molecule has 0 unspecified atom stereocenters. The Hall–Kier alpha value is 0.0900. The summed E-state index contributed by atoms with van der Waals surface area (Å²) in [5.41, 5.74) is 0.839. The molecule has 6 heteroatoms. The largest absolute Gasteiger partial charge is 0.477 e. The van der Waals surface area contributed by atoms with Crippen LogP contribution in [-0.4, -0.2) is 11.1 Å². The van der Waals surface area contributed by atoms with E-state index in [1.54, 1.807) is 11.3 Å². The van der Waals surface area contributed by atoms with E-state index in [1.165, 1.54) is 11.3 Å². The van der Waals surface area contributed by atoms with Gasteiger partial charge in [-0.2, -0.15) is 0 Å². The number of fused-ring (bicyclic) bond motifs is 1. The Bertz CT molecular complexity index is 527. The number of carboxylic acids is 1. The highest BCUT2D eigenvalue weighted by atomic mass is 79.9. The maximum absolute atomic E-state index is 10.9. The van der Waals surface area contributed by atoms with E-state index >= 15 is 0 Å². The minimum atomic E-state index is -0.854. The van der Waals surface area contributed by atoms with Crippen molar-refractivity contribution in [3.8, 4) is 0 Å². The van der Waals surface area contributed by atoms with Crippen LogP contribution < -0.4 is 0 Å². The summed E-state index contributed by atoms with van der Waals surface area (Å²) < 4.78 is 2.98. The van der Waals surface area contributed by atoms with Gasteiger partial charge in [-0.15, -0.1) is 22.7 Å². The zero-order chi connectivity index (χ0) is 10.5. The summed E-state index contributed by atoms with van der Waals surface area (Å²) in [6, 6.07) is 0. The maximum Gasteiger partial charge on any atom is 0.346 e. The molecule has 0 aliphatic rings. The first-order valence-electron chi connectivity index (χ1n) is 3.62. The second-order valence-electron chi connectivity index (χ2n) is 2.71. The summed E-state index contributed by atoms with van der Waals surface area (Å²) in [4.78, 5) is 11.3. The molecule has 74 valence electrons. The standard InChI is InChI=1S/C8H4Br2O2S2/c1-2-3-5(7(10)14-6(3)9)13-4(2)8(11)12/h1H3,(H,11,12). The lowest BCUT2D eigenvalue weighted by molar-refractivity contribution is 0.0701. The number of carboxylic acid groups (broad SMARTS) is 1. The molecule has 2 rings (SSSR count). The van der Waals surface area contributed by atoms with Crippen molar-refractivity contribution in [2.24, 2.45) is 0 Å². The SMILES string of the molecule is Cc1c(C(=O)O)sc2c(Br)sc(Br)c12. The first-order chi connectivity index (χ1) is 6.52. The smallest absolute Gasteiger partial charge is 0.346 e. The second-order valence-corrected chi connectivity index (χ2v) is 7.39. The molecule has 0 fully saturated rings. The minimum Gasteiger partial charge on any atom is -0.477 e. The van der Waals surface area contributed by atoms with Crippen LogP contribution in [0.1, 0.15) is 15.2 Å². The molecule has 2 heterocycles. The molecule has 0 saturated heterocycles. The molecule has 0 atom stereocenters. The third-order valence-electron chi connectivity index (χ3n) is 1.90. The molecule has 0 saturated carbocycles. The van der Waals surface area contributed by atoms with E-state index in [2.05, 4.69) is 31.9 Å². The van der Waals surface area contributed by atoms with Crippen molar-refractivity contribution >= 4 is 70.6 Å². The monoisotopic (exact) mass is 354 g/mol. The fraction of sp³-hybridized carbons (Fsp3) is 0.125. The van der Waals surface area contributed by atoms with Crippen molar-refractivity contribution in [3.05, 3.63) is 18.0 Å². The summed E-state index contributed by atoms with van der Waals surface area (Å²) in [5.74, 6) is -0.854. The fourth-order valence-corrected chi connectivity index (χ4v) is 5.97. The molecule has 1 N–H and O–H groups in total. The summed E-state index contributed by atoms with van der Waals surface area (Å²) >= 11 is 9.74. The van der Waals surface area contributed by atoms with Crippen molar-refractivity contribution in [3.63, 3.8) is 0 Å². The number of carbonyl (C=O) groups is 1. The summed E-state index contributed by atoms with van der Waals surface area (Å²) in [6.45, 7) is 1.84. The van der Waals surface area contributed by atoms with E-state index in [0.29, 0.717) is 4.88 Å². The van der Waals surface area contributed by atoms with Crippen LogP contribution in [0.2, 0.25) is 0 Å². The number of aromatic carboxylic acids is 1. The second kappa shape index (κ2) is 3.59. The average molecular weight is 356 g/mol. The number of rotatable bonds is 1. The van der Waals surface area contributed by atoms with Gasteiger partial charge in [0.15, 0.2) is 0 Å². The highest BCUT2D eigenvalue weighted by Crippen LogP contribution is 2.45. The Balaban J connectivity index is 2.87. The molecular weight excluding hydrogens is 352 g/mol. The number of thiophene rings is 2. The molecule has 2 aromatic heterocycles. The van der Waals surface area contributed by atoms with Crippen LogP contribution in [0, 0.1) is 6.92 Å². The topological polar surface area (TPSA) is 37.3 Å². The van der Waals surface area contributed by atoms with Crippen molar-refractivity contribution < 1.29 is 9.90 Å². The third-order valence-corrected chi connectivity index (χ3v) is 6.12. The first-order valence-corrected chi connectivity index (χ1v) is 6.84. The number of halogens is 2. The van der Waals surface area contributed by atoms with Crippen LogP contribution in [-0.2, 0) is 0 Å². The third kappa shape index (κ3) is 1.44. The average Bonchev–Trinajstić information content (AvgIpc) is 2.54. The summed E-state index contributed by atoms with van der Waals surface area (Å²) in [6.07, 6.45) is 0. The molecule has 14 heavy (non-hydrogen) atoms. The van der Waals surface area contributed by atoms with Gasteiger partial charge in [0.05, 0.1) is 12.3 Å². The normalized spacial score (nSPS) is 11.1. The molecule has 0 bridgehead atoms. The predicted octanol–water partition coefficient (Wildman–Crippen LogP) is 4.49. The molecule has 0 aliphatic heterocycles. The van der Waals surface area contributed by atoms with Crippen LogP contribution in [0.25, 0.3) is 10.1 Å². The number of aryl methyl sites for hydroxylation is 1. The zero-order valence-corrected chi connectivity index (χ0v) is 11.7. The lowest BCUT2D eigenvalue weighted by Gasteiger charge is -1.90. The van der Waals surface area contributed by atoms with Crippen LogP contribution >= 0.6 is 54.5 Å². The predicted molar refractivity (Wildman–Crippen MR) is 66.8 cm³/mol. The Morgan fingerprint density at radius 1 is 1.29 bits per heavy atom. The molecular formula is C8H4Br2O2S2. The first kappa shape index (κ1) is 10.6. The highest BCUT2D eigenvalue weighted by molar-refractivity contribution is 9.12. The Morgan fingerprint density at radius 2 is 1.93 bits per heavy atom. The van der Waals surface area contributed by atoms with Crippen LogP contribution in [0.3, 0.4) is 0 Å². The van der Waals surface area contributed by atoms with E-state index < -0.39 is 5.97 Å². The number of hydrogen-bond acceptors (Lipinski definition) is 3. The molecule has 0 spiro atoms. The van der Waals surface area contributed by atoms with Crippen molar-refractivity contribution in [2.75, 3.05) is 0 Å². The maximum atomic E-state index is 10.9. The minimum absolute atomic E-state index is 0.421. The van der Waals surface area contributed by atoms with Gasteiger partial charge in [0.2, 0.25) is 0 Å².